The van der Waals surface area contributed by atoms with E-state index in [0.29, 0.717) is 11.5 Å². The highest BCUT2D eigenvalue weighted by Gasteiger charge is 2.37. The van der Waals surface area contributed by atoms with Gasteiger partial charge in [-0.1, -0.05) is 19.8 Å². The molecule has 1 aromatic rings. The molecule has 1 atom stereocenters. The lowest BCUT2D eigenvalue weighted by Crippen LogP contribution is -2.32. The molecule has 0 amide bonds. The monoisotopic (exact) mass is 205 g/mol. The molecular formula is C12H19N3. The van der Waals surface area contributed by atoms with E-state index in [-0.39, 0.29) is 0 Å². The quantitative estimate of drug-likeness (QED) is 0.823. The molecule has 1 aromatic heterocycles. The zero-order valence-corrected chi connectivity index (χ0v) is 9.53. The highest BCUT2D eigenvalue weighted by atomic mass is 14.9. The molecule has 1 unspecified atom stereocenters. The van der Waals surface area contributed by atoms with Crippen LogP contribution in [0.5, 0.6) is 0 Å². The molecule has 15 heavy (non-hydrogen) atoms. The zero-order chi connectivity index (χ0) is 10.7. The van der Waals surface area contributed by atoms with Gasteiger partial charge in [0.1, 0.15) is 6.33 Å². The van der Waals surface area contributed by atoms with E-state index in [4.69, 9.17) is 0 Å². The van der Waals surface area contributed by atoms with Crippen LogP contribution in [0.3, 0.4) is 0 Å². The molecule has 2 rings (SSSR count). The maximum atomic E-state index is 4.10. The van der Waals surface area contributed by atoms with Crippen molar-refractivity contribution in [2.24, 2.45) is 5.41 Å². The van der Waals surface area contributed by atoms with E-state index in [2.05, 4.69) is 22.2 Å². The van der Waals surface area contributed by atoms with E-state index in [0.717, 1.165) is 0 Å². The number of hydrogen-bond donors (Lipinski definition) is 1. The van der Waals surface area contributed by atoms with E-state index in [1.54, 1.807) is 6.33 Å². The highest BCUT2D eigenvalue weighted by molar-refractivity contribution is 5.14. The van der Waals surface area contributed by atoms with Crippen molar-refractivity contribution in [3.8, 4) is 0 Å². The van der Waals surface area contributed by atoms with E-state index < -0.39 is 0 Å². The minimum absolute atomic E-state index is 0.374. The molecule has 0 bridgehead atoms. The Balaban J connectivity index is 2.24. The first-order valence-corrected chi connectivity index (χ1v) is 5.68. The fourth-order valence-corrected chi connectivity index (χ4v) is 2.85. The van der Waals surface area contributed by atoms with E-state index >= 15 is 0 Å². The summed E-state index contributed by atoms with van der Waals surface area (Å²) in [5.74, 6) is 0. The number of nitrogens with one attached hydrogen (secondary N) is 1. The summed E-state index contributed by atoms with van der Waals surface area (Å²) in [6.07, 6.45) is 10.7. The lowest BCUT2D eigenvalue weighted by molar-refractivity contribution is 0.233. The van der Waals surface area contributed by atoms with E-state index in [1.165, 1.54) is 31.2 Å². The van der Waals surface area contributed by atoms with Gasteiger partial charge in [0.15, 0.2) is 0 Å². The van der Waals surface area contributed by atoms with E-state index in [9.17, 15) is 0 Å². The molecule has 0 radical (unpaired) electrons. The minimum atomic E-state index is 0.374. The lowest BCUT2D eigenvalue weighted by Gasteiger charge is -2.33. The van der Waals surface area contributed by atoms with Gasteiger partial charge in [-0.2, -0.15) is 0 Å². The van der Waals surface area contributed by atoms with Gasteiger partial charge in [0.25, 0.3) is 0 Å². The molecule has 1 N–H and O–H groups in total. The van der Waals surface area contributed by atoms with Crippen molar-refractivity contribution in [3.05, 3.63) is 24.3 Å². The molecule has 1 saturated carbocycles. The lowest BCUT2D eigenvalue weighted by atomic mass is 9.78. The van der Waals surface area contributed by atoms with Gasteiger partial charge in [0, 0.05) is 24.0 Å². The fraction of sp³-hybridized carbons (Fsp3) is 0.667. The smallest absolute Gasteiger partial charge is 0.115 e. The van der Waals surface area contributed by atoms with Gasteiger partial charge in [0.2, 0.25) is 0 Å². The Kier molecular flexibility index (Phi) is 3.00. The van der Waals surface area contributed by atoms with E-state index in [1.807, 2.05) is 19.4 Å². The van der Waals surface area contributed by atoms with Gasteiger partial charge < -0.3 is 5.32 Å². The molecule has 3 nitrogen and oxygen atoms in total. The molecule has 0 aromatic carbocycles. The summed E-state index contributed by atoms with van der Waals surface area (Å²) in [7, 11) is 2.03. The summed E-state index contributed by atoms with van der Waals surface area (Å²) in [5.41, 5.74) is 1.59. The van der Waals surface area contributed by atoms with Crippen molar-refractivity contribution in [2.75, 3.05) is 7.05 Å². The summed E-state index contributed by atoms with van der Waals surface area (Å²) in [6.45, 7) is 2.37. The van der Waals surface area contributed by atoms with Crippen molar-refractivity contribution in [2.45, 2.75) is 38.6 Å². The molecule has 1 fully saturated rings. The van der Waals surface area contributed by atoms with Gasteiger partial charge in [0.05, 0.1) is 0 Å². The van der Waals surface area contributed by atoms with Crippen LogP contribution in [-0.4, -0.2) is 17.0 Å². The number of hydrogen-bond acceptors (Lipinski definition) is 3. The largest absolute Gasteiger partial charge is 0.312 e. The van der Waals surface area contributed by atoms with Crippen LogP contribution in [0.15, 0.2) is 18.7 Å². The van der Waals surface area contributed by atoms with Gasteiger partial charge in [-0.15, -0.1) is 0 Å². The molecule has 0 spiro atoms. The second kappa shape index (κ2) is 4.27. The Bertz CT molecular complexity index is 304. The second-order valence-corrected chi connectivity index (χ2v) is 4.75. The van der Waals surface area contributed by atoms with Crippen LogP contribution in [0.2, 0.25) is 0 Å². The SMILES string of the molecule is CNC(c1cncnc1)C1(C)CCCC1. The van der Waals surface area contributed by atoms with Crippen molar-refractivity contribution < 1.29 is 0 Å². The Morgan fingerprint density at radius 3 is 2.40 bits per heavy atom. The third kappa shape index (κ3) is 2.02. The molecule has 82 valence electrons. The Morgan fingerprint density at radius 2 is 1.87 bits per heavy atom. The average Bonchev–Trinajstić information content (AvgIpc) is 2.68. The van der Waals surface area contributed by atoms with Crippen molar-refractivity contribution in [1.29, 1.82) is 0 Å². The molecule has 1 aliphatic carbocycles. The number of rotatable bonds is 3. The van der Waals surface area contributed by atoms with Gasteiger partial charge in [-0.05, 0) is 25.3 Å². The average molecular weight is 205 g/mol. The third-order valence-electron chi connectivity index (χ3n) is 3.65. The van der Waals surface area contributed by atoms with Crippen LogP contribution in [-0.2, 0) is 0 Å². The predicted octanol–water partition coefficient (Wildman–Crippen LogP) is 2.32. The van der Waals surface area contributed by atoms with Crippen LogP contribution >= 0.6 is 0 Å². The first-order valence-electron chi connectivity index (χ1n) is 5.68. The summed E-state index contributed by atoms with van der Waals surface area (Å²) < 4.78 is 0. The highest BCUT2D eigenvalue weighted by Crippen LogP contribution is 2.46. The summed E-state index contributed by atoms with van der Waals surface area (Å²) in [4.78, 5) is 8.21. The summed E-state index contributed by atoms with van der Waals surface area (Å²) >= 11 is 0. The number of aromatic nitrogens is 2. The van der Waals surface area contributed by atoms with Gasteiger partial charge in [-0.25, -0.2) is 9.97 Å². The number of nitrogens with zero attached hydrogens (tertiary/aromatic N) is 2. The normalized spacial score (nSPS) is 21.5. The summed E-state index contributed by atoms with van der Waals surface area (Å²) in [5, 5.41) is 3.42. The van der Waals surface area contributed by atoms with Crippen LogP contribution < -0.4 is 5.32 Å². The van der Waals surface area contributed by atoms with Crippen molar-refractivity contribution in [3.63, 3.8) is 0 Å². The standard InChI is InChI=1S/C12H19N3/c1-12(5-3-4-6-12)11(13-2)10-7-14-9-15-8-10/h7-9,11,13H,3-6H2,1-2H3. The maximum absolute atomic E-state index is 4.10. The fourth-order valence-electron chi connectivity index (χ4n) is 2.85. The molecule has 1 heterocycles. The Hall–Kier alpha value is -0.960. The third-order valence-corrected chi connectivity index (χ3v) is 3.65. The zero-order valence-electron chi connectivity index (χ0n) is 9.53. The van der Waals surface area contributed by atoms with Gasteiger partial charge >= 0.3 is 0 Å². The Labute approximate surface area is 91.3 Å². The van der Waals surface area contributed by atoms with Crippen LogP contribution in [0.4, 0.5) is 0 Å². The molecule has 1 aliphatic rings. The molecule has 3 heteroatoms. The topological polar surface area (TPSA) is 37.8 Å². The van der Waals surface area contributed by atoms with Crippen LogP contribution in [0.25, 0.3) is 0 Å². The maximum Gasteiger partial charge on any atom is 0.115 e. The molecule has 0 aliphatic heterocycles. The first kappa shape index (κ1) is 10.6. The van der Waals surface area contributed by atoms with Crippen LogP contribution in [0, 0.1) is 5.41 Å². The molecule has 0 saturated heterocycles. The summed E-state index contributed by atoms with van der Waals surface area (Å²) in [6, 6.07) is 0.390. The van der Waals surface area contributed by atoms with Crippen LogP contribution in [0.1, 0.15) is 44.2 Å². The minimum Gasteiger partial charge on any atom is -0.312 e. The van der Waals surface area contributed by atoms with Gasteiger partial charge in [-0.3, -0.25) is 0 Å². The van der Waals surface area contributed by atoms with Crippen molar-refractivity contribution in [1.82, 2.24) is 15.3 Å². The predicted molar refractivity (Wildman–Crippen MR) is 60.4 cm³/mol. The molecular weight excluding hydrogens is 186 g/mol. The Morgan fingerprint density at radius 1 is 1.27 bits per heavy atom. The van der Waals surface area contributed by atoms with Crippen molar-refractivity contribution >= 4 is 0 Å². The second-order valence-electron chi connectivity index (χ2n) is 4.75. The first-order chi connectivity index (χ1) is 7.26.